The standard InChI is InChI=1S/C34H39N5O7S/c1-33(36-30(40)22-16-24-23-11-7-12-25-29(23)21(18-35-25)17-26(24)37(2)19-22)32(42)39-27(15-20-9-5-4-6-10-20)31(41)38-14-8-13-28(38)34(39,45-33)46-47(3,43)44/h4-7,9-12,18,22,24,26-28,35H,8,13-17,19H2,1-3H3,(H,36,40). The molecule has 47 heavy (non-hydrogen) atoms. The summed E-state index contributed by atoms with van der Waals surface area (Å²) in [5.41, 5.74) is 2.37. The van der Waals surface area contributed by atoms with Gasteiger partial charge in [-0.05, 0) is 62.4 Å². The largest absolute Gasteiger partial charge is 0.361 e. The molecule has 4 fully saturated rings. The maximum Gasteiger partial charge on any atom is 0.294 e. The predicted molar refractivity (Wildman–Crippen MR) is 171 cm³/mol. The summed E-state index contributed by atoms with van der Waals surface area (Å²) in [5, 5.41) is 4.10. The highest BCUT2D eigenvalue weighted by molar-refractivity contribution is 7.86. The lowest BCUT2D eigenvalue weighted by Gasteiger charge is -2.50. The van der Waals surface area contributed by atoms with Crippen LogP contribution in [0.4, 0.5) is 0 Å². The molecule has 3 aromatic rings. The number of piperidine rings is 1. The van der Waals surface area contributed by atoms with Crippen molar-refractivity contribution in [2.24, 2.45) is 5.92 Å². The van der Waals surface area contributed by atoms with E-state index in [1.165, 1.54) is 23.4 Å². The first kappa shape index (κ1) is 30.5. The Morgan fingerprint density at radius 1 is 1.15 bits per heavy atom. The van der Waals surface area contributed by atoms with Crippen LogP contribution in [0.25, 0.3) is 10.9 Å². The Balaban J connectivity index is 1.13. The molecule has 2 N–H and O–H groups in total. The number of piperazine rings is 1. The van der Waals surface area contributed by atoms with Crippen molar-refractivity contribution < 1.29 is 31.7 Å². The molecule has 1 aliphatic carbocycles. The fourth-order valence-electron chi connectivity index (χ4n) is 8.95. The Hall–Kier alpha value is -3.78. The van der Waals surface area contributed by atoms with Gasteiger partial charge < -0.3 is 20.1 Å². The molecule has 4 aliphatic heterocycles. The van der Waals surface area contributed by atoms with E-state index < -0.39 is 45.7 Å². The molecule has 8 rings (SSSR count). The molecule has 1 aromatic heterocycles. The van der Waals surface area contributed by atoms with E-state index in [9.17, 15) is 22.8 Å². The van der Waals surface area contributed by atoms with Crippen LogP contribution in [0.2, 0.25) is 0 Å². The summed E-state index contributed by atoms with van der Waals surface area (Å²) in [6.07, 6.45) is 5.51. The van der Waals surface area contributed by atoms with Crippen LogP contribution in [-0.4, -0.2) is 102 Å². The lowest BCUT2D eigenvalue weighted by atomic mass is 9.72. The summed E-state index contributed by atoms with van der Waals surface area (Å²) in [4.78, 5) is 51.1. The second-order valence-corrected chi connectivity index (χ2v) is 15.5. The molecular weight excluding hydrogens is 622 g/mol. The van der Waals surface area contributed by atoms with E-state index in [0.717, 1.165) is 28.7 Å². The quantitative estimate of drug-likeness (QED) is 0.383. The molecule has 3 amide bonds. The summed E-state index contributed by atoms with van der Waals surface area (Å²) in [6, 6.07) is 13.7. The van der Waals surface area contributed by atoms with E-state index >= 15 is 0 Å². The van der Waals surface area contributed by atoms with Gasteiger partial charge in [0.05, 0.1) is 12.2 Å². The highest BCUT2D eigenvalue weighted by atomic mass is 32.2. The number of rotatable bonds is 6. The Labute approximate surface area is 273 Å². The maximum absolute atomic E-state index is 14.6. The molecule has 5 heterocycles. The van der Waals surface area contributed by atoms with Crippen molar-refractivity contribution in [1.82, 2.24) is 25.0 Å². The van der Waals surface area contributed by atoms with E-state index in [-0.39, 0.29) is 30.2 Å². The molecule has 7 atom stereocenters. The summed E-state index contributed by atoms with van der Waals surface area (Å²) < 4.78 is 37.9. The van der Waals surface area contributed by atoms with Gasteiger partial charge in [-0.3, -0.25) is 24.0 Å². The van der Waals surface area contributed by atoms with Crippen molar-refractivity contribution in [2.75, 3.05) is 26.4 Å². The number of hydrogen-bond acceptors (Lipinski definition) is 8. The molecule has 13 heteroatoms. The molecule has 2 aromatic carbocycles. The summed E-state index contributed by atoms with van der Waals surface area (Å²) in [5.74, 6) is -3.88. The Kier molecular flexibility index (Phi) is 6.90. The normalized spacial score (nSPS) is 33.6. The molecular formula is C34H39N5O7S. The number of likely N-dealkylation sites (tertiary alicyclic amines) is 1. The molecule has 0 spiro atoms. The predicted octanol–water partition coefficient (Wildman–Crippen LogP) is 2.07. The van der Waals surface area contributed by atoms with Crippen LogP contribution in [0.3, 0.4) is 0 Å². The SMILES string of the molecule is CN1CC(C(=O)NC2(C)OC3(OS(C)(=O)=O)C4CCCN4C(=O)C(Cc4ccccc4)N3C2=O)CC2c3cccc4[nH]cc(c34)CC21. The molecule has 248 valence electrons. The first-order valence-corrected chi connectivity index (χ1v) is 18.1. The molecule has 0 saturated carbocycles. The van der Waals surface area contributed by atoms with Crippen LogP contribution in [0.1, 0.15) is 48.8 Å². The number of aromatic nitrogens is 1. The van der Waals surface area contributed by atoms with Gasteiger partial charge in [0.2, 0.25) is 17.5 Å². The van der Waals surface area contributed by atoms with Gasteiger partial charge in [-0.2, -0.15) is 8.42 Å². The Morgan fingerprint density at radius 2 is 1.94 bits per heavy atom. The smallest absolute Gasteiger partial charge is 0.294 e. The fraction of sp³-hybridized carbons (Fsp3) is 0.500. The number of carbonyl (C=O) groups is 3. The number of amides is 3. The van der Waals surface area contributed by atoms with Crippen LogP contribution in [0.15, 0.2) is 54.7 Å². The number of nitrogens with one attached hydrogen (secondary N) is 2. The van der Waals surface area contributed by atoms with Gasteiger partial charge in [-0.1, -0.05) is 42.5 Å². The minimum absolute atomic E-state index is 0.107. The Morgan fingerprint density at radius 3 is 2.70 bits per heavy atom. The van der Waals surface area contributed by atoms with Crippen LogP contribution in [-0.2, 0) is 46.3 Å². The number of hydrogen-bond donors (Lipinski definition) is 2. The summed E-state index contributed by atoms with van der Waals surface area (Å²) in [7, 11) is -2.17. The molecule has 0 radical (unpaired) electrons. The van der Waals surface area contributed by atoms with Gasteiger partial charge in [0.15, 0.2) is 0 Å². The third-order valence-corrected chi connectivity index (χ3v) is 11.4. The van der Waals surface area contributed by atoms with Crippen LogP contribution < -0.4 is 5.32 Å². The first-order chi connectivity index (χ1) is 22.4. The van der Waals surface area contributed by atoms with Crippen LogP contribution in [0.5, 0.6) is 0 Å². The zero-order chi connectivity index (χ0) is 32.9. The number of fused-ring (bicyclic) bond motifs is 5. The van der Waals surface area contributed by atoms with Gasteiger partial charge in [0.25, 0.3) is 21.9 Å². The molecule has 7 unspecified atom stereocenters. The van der Waals surface area contributed by atoms with Gasteiger partial charge >= 0.3 is 0 Å². The third kappa shape index (κ3) is 4.73. The lowest BCUT2D eigenvalue weighted by molar-refractivity contribution is -0.297. The van der Waals surface area contributed by atoms with Gasteiger partial charge in [0.1, 0.15) is 12.1 Å². The van der Waals surface area contributed by atoms with Crippen molar-refractivity contribution in [2.45, 2.75) is 74.7 Å². The van der Waals surface area contributed by atoms with Crippen molar-refractivity contribution in [3.63, 3.8) is 0 Å². The third-order valence-electron chi connectivity index (χ3n) is 10.9. The maximum atomic E-state index is 14.6. The fourth-order valence-corrected chi connectivity index (χ4v) is 9.61. The minimum atomic E-state index is -4.20. The van der Waals surface area contributed by atoms with Crippen molar-refractivity contribution in [3.05, 3.63) is 71.4 Å². The van der Waals surface area contributed by atoms with Gasteiger partial charge in [-0.25, -0.2) is 4.18 Å². The zero-order valence-corrected chi connectivity index (χ0v) is 27.5. The molecule has 4 saturated heterocycles. The van der Waals surface area contributed by atoms with Crippen molar-refractivity contribution >= 4 is 38.7 Å². The monoisotopic (exact) mass is 661 g/mol. The second kappa shape index (κ2) is 10.6. The van der Waals surface area contributed by atoms with E-state index in [1.807, 2.05) is 43.4 Å². The average molecular weight is 662 g/mol. The van der Waals surface area contributed by atoms with E-state index in [4.69, 9.17) is 8.92 Å². The number of aromatic amines is 1. The number of carbonyl (C=O) groups excluding carboxylic acids is 3. The van der Waals surface area contributed by atoms with Crippen LogP contribution in [0, 0.1) is 5.92 Å². The highest BCUT2D eigenvalue weighted by Gasteiger charge is 2.72. The van der Waals surface area contributed by atoms with E-state index in [2.05, 4.69) is 33.5 Å². The first-order valence-electron chi connectivity index (χ1n) is 16.3. The van der Waals surface area contributed by atoms with Crippen molar-refractivity contribution in [3.8, 4) is 0 Å². The lowest BCUT2D eigenvalue weighted by Crippen LogP contribution is -2.72. The highest BCUT2D eigenvalue weighted by Crippen LogP contribution is 2.49. The van der Waals surface area contributed by atoms with Crippen molar-refractivity contribution in [1.29, 1.82) is 0 Å². The zero-order valence-electron chi connectivity index (χ0n) is 26.6. The Bertz CT molecular complexity index is 1900. The molecule has 0 bridgehead atoms. The van der Waals surface area contributed by atoms with Gasteiger partial charge in [-0.15, -0.1) is 0 Å². The molecule has 12 nitrogen and oxygen atoms in total. The second-order valence-electron chi connectivity index (χ2n) is 13.9. The van der Waals surface area contributed by atoms with Gasteiger partial charge in [0, 0.05) is 48.6 Å². The summed E-state index contributed by atoms with van der Waals surface area (Å²) >= 11 is 0. The summed E-state index contributed by atoms with van der Waals surface area (Å²) in [6.45, 7) is 2.29. The number of likely N-dealkylation sites (N-methyl/N-ethyl adjacent to an activating group) is 1. The average Bonchev–Trinajstić information content (AvgIpc) is 3.73. The number of H-pyrrole nitrogens is 1. The topological polar surface area (TPSA) is 141 Å². The molecule has 5 aliphatic rings. The number of nitrogens with zero attached hydrogens (tertiary/aromatic N) is 3. The minimum Gasteiger partial charge on any atom is -0.361 e. The number of benzene rings is 2. The van der Waals surface area contributed by atoms with E-state index in [1.54, 1.807) is 4.90 Å². The van der Waals surface area contributed by atoms with E-state index in [0.29, 0.717) is 32.4 Å². The van der Waals surface area contributed by atoms with Crippen LogP contribution >= 0.6 is 0 Å². The number of ether oxygens (including phenoxy) is 1.